The third-order valence-corrected chi connectivity index (χ3v) is 2.68. The zero-order valence-corrected chi connectivity index (χ0v) is 11.4. The van der Waals surface area contributed by atoms with E-state index in [0.717, 1.165) is 37.7 Å². The number of aliphatic carboxylic acids is 1. The predicted octanol–water partition coefficient (Wildman–Crippen LogP) is 3.55. The molecule has 0 atom stereocenters. The molecule has 4 heteroatoms. The molecular formula is C15H20FNO2. The topological polar surface area (TPSA) is 40.5 Å². The van der Waals surface area contributed by atoms with E-state index in [1.807, 2.05) is 6.07 Å². The summed E-state index contributed by atoms with van der Waals surface area (Å²) in [4.78, 5) is 12.6. The lowest BCUT2D eigenvalue weighted by molar-refractivity contribution is -0.131. The van der Waals surface area contributed by atoms with Crippen LogP contribution in [0.4, 0.5) is 10.1 Å². The molecule has 3 nitrogen and oxygen atoms in total. The fourth-order valence-electron chi connectivity index (χ4n) is 1.95. The molecular weight excluding hydrogens is 245 g/mol. The number of carbonyl (C=O) groups is 1. The molecule has 104 valence electrons. The first-order valence-corrected chi connectivity index (χ1v) is 6.53. The van der Waals surface area contributed by atoms with Crippen LogP contribution in [0.1, 0.15) is 32.3 Å². The van der Waals surface area contributed by atoms with Gasteiger partial charge in [-0.3, -0.25) is 0 Å². The summed E-state index contributed by atoms with van der Waals surface area (Å²) in [5.41, 5.74) is 1.36. The van der Waals surface area contributed by atoms with Gasteiger partial charge in [0.25, 0.3) is 0 Å². The molecule has 0 fully saturated rings. The molecule has 0 aromatic heterocycles. The highest BCUT2D eigenvalue weighted by atomic mass is 19.1. The van der Waals surface area contributed by atoms with Gasteiger partial charge >= 0.3 is 5.97 Å². The second-order valence-corrected chi connectivity index (χ2v) is 4.40. The van der Waals surface area contributed by atoms with Crippen LogP contribution >= 0.6 is 0 Å². The summed E-state index contributed by atoms with van der Waals surface area (Å²) in [5, 5.41) is 8.60. The van der Waals surface area contributed by atoms with Crippen LogP contribution in [-0.2, 0) is 4.79 Å². The van der Waals surface area contributed by atoms with Crippen LogP contribution < -0.4 is 4.90 Å². The largest absolute Gasteiger partial charge is 0.478 e. The third kappa shape index (κ3) is 5.12. The summed E-state index contributed by atoms with van der Waals surface area (Å²) >= 11 is 0. The van der Waals surface area contributed by atoms with Gasteiger partial charge in [0.15, 0.2) is 0 Å². The van der Waals surface area contributed by atoms with E-state index >= 15 is 0 Å². The maximum Gasteiger partial charge on any atom is 0.328 e. The Morgan fingerprint density at radius 3 is 2.42 bits per heavy atom. The van der Waals surface area contributed by atoms with Gasteiger partial charge in [0.05, 0.1) is 0 Å². The van der Waals surface area contributed by atoms with Crippen LogP contribution in [0.5, 0.6) is 0 Å². The minimum absolute atomic E-state index is 0.347. The molecule has 0 saturated carbocycles. The molecule has 0 spiro atoms. The molecule has 0 aliphatic carbocycles. The number of carboxylic acids is 1. The second-order valence-electron chi connectivity index (χ2n) is 4.40. The normalized spacial score (nSPS) is 10.9. The summed E-state index contributed by atoms with van der Waals surface area (Å²) in [6.07, 6.45) is 4.39. The van der Waals surface area contributed by atoms with Gasteiger partial charge in [-0.15, -0.1) is 0 Å². The van der Waals surface area contributed by atoms with Gasteiger partial charge < -0.3 is 10.0 Å². The molecule has 0 aliphatic rings. The van der Waals surface area contributed by atoms with E-state index in [0.29, 0.717) is 5.56 Å². The third-order valence-electron chi connectivity index (χ3n) is 2.68. The summed E-state index contributed by atoms with van der Waals surface area (Å²) in [6, 6.07) is 4.64. The first-order chi connectivity index (χ1) is 9.06. The van der Waals surface area contributed by atoms with E-state index in [-0.39, 0.29) is 5.82 Å². The van der Waals surface area contributed by atoms with E-state index in [4.69, 9.17) is 5.11 Å². The Labute approximate surface area is 113 Å². The number of rotatable bonds is 7. The number of halogens is 1. The Balaban J connectivity index is 3.02. The van der Waals surface area contributed by atoms with Crippen LogP contribution in [0.2, 0.25) is 0 Å². The van der Waals surface area contributed by atoms with Crippen molar-refractivity contribution in [3.8, 4) is 0 Å². The van der Waals surface area contributed by atoms with Crippen molar-refractivity contribution in [2.75, 3.05) is 18.0 Å². The Kier molecular flexibility index (Phi) is 6.06. The molecule has 1 N–H and O–H groups in total. The van der Waals surface area contributed by atoms with Crippen LogP contribution in [0.25, 0.3) is 6.08 Å². The van der Waals surface area contributed by atoms with Gasteiger partial charge in [-0.2, -0.15) is 0 Å². The van der Waals surface area contributed by atoms with Gasteiger partial charge in [0, 0.05) is 24.9 Å². The molecule has 0 aliphatic heterocycles. The van der Waals surface area contributed by atoms with Gasteiger partial charge in [-0.05, 0) is 42.7 Å². The Morgan fingerprint density at radius 1 is 1.26 bits per heavy atom. The van der Waals surface area contributed by atoms with Crippen LogP contribution in [0, 0.1) is 5.82 Å². The maximum atomic E-state index is 13.6. The molecule has 0 unspecified atom stereocenters. The average Bonchev–Trinajstić information content (AvgIpc) is 2.35. The fraction of sp³-hybridized carbons (Fsp3) is 0.400. The molecule has 0 amide bonds. The SMILES string of the molecule is CCCN(CCC)c1cc(F)cc(/C=C/C(=O)O)c1. The average molecular weight is 265 g/mol. The van der Waals surface area contributed by atoms with E-state index in [1.165, 1.54) is 18.2 Å². The highest BCUT2D eigenvalue weighted by molar-refractivity contribution is 5.85. The maximum absolute atomic E-state index is 13.6. The monoisotopic (exact) mass is 265 g/mol. The van der Waals surface area contributed by atoms with E-state index in [9.17, 15) is 9.18 Å². The molecule has 1 aromatic carbocycles. The molecule has 1 aromatic rings. The molecule has 0 bridgehead atoms. The molecule has 0 saturated heterocycles. The number of hydrogen-bond acceptors (Lipinski definition) is 2. The van der Waals surface area contributed by atoms with Gasteiger partial charge in [-0.25, -0.2) is 9.18 Å². The van der Waals surface area contributed by atoms with E-state index < -0.39 is 5.97 Å². The van der Waals surface area contributed by atoms with Gasteiger partial charge in [0.2, 0.25) is 0 Å². The molecule has 0 heterocycles. The Hall–Kier alpha value is -1.84. The summed E-state index contributed by atoms with van der Waals surface area (Å²) in [7, 11) is 0. The summed E-state index contributed by atoms with van der Waals surface area (Å²) in [6.45, 7) is 5.87. The van der Waals surface area contributed by atoms with Crippen LogP contribution in [-0.4, -0.2) is 24.2 Å². The number of benzene rings is 1. The molecule has 19 heavy (non-hydrogen) atoms. The van der Waals surface area contributed by atoms with Crippen molar-refractivity contribution in [3.63, 3.8) is 0 Å². The number of carboxylic acid groups (broad SMARTS) is 1. The van der Waals surface area contributed by atoms with Crippen molar-refractivity contribution in [3.05, 3.63) is 35.7 Å². The van der Waals surface area contributed by atoms with Crippen LogP contribution in [0.3, 0.4) is 0 Å². The smallest absolute Gasteiger partial charge is 0.328 e. The van der Waals surface area contributed by atoms with Crippen molar-refractivity contribution in [1.29, 1.82) is 0 Å². The first-order valence-electron chi connectivity index (χ1n) is 6.53. The Morgan fingerprint density at radius 2 is 1.89 bits per heavy atom. The minimum Gasteiger partial charge on any atom is -0.478 e. The zero-order chi connectivity index (χ0) is 14.3. The molecule has 0 radical (unpaired) electrons. The van der Waals surface area contributed by atoms with Crippen LogP contribution in [0.15, 0.2) is 24.3 Å². The second kappa shape index (κ2) is 7.56. The molecule has 1 rings (SSSR count). The lowest BCUT2D eigenvalue weighted by Gasteiger charge is -2.24. The van der Waals surface area contributed by atoms with Crippen molar-refractivity contribution in [2.45, 2.75) is 26.7 Å². The zero-order valence-electron chi connectivity index (χ0n) is 11.4. The van der Waals surface area contributed by atoms with E-state index in [2.05, 4.69) is 18.7 Å². The minimum atomic E-state index is -1.04. The summed E-state index contributed by atoms with van der Waals surface area (Å²) < 4.78 is 13.6. The van der Waals surface area contributed by atoms with Gasteiger partial charge in [-0.1, -0.05) is 13.8 Å². The lowest BCUT2D eigenvalue weighted by atomic mass is 10.1. The number of anilines is 1. The van der Waals surface area contributed by atoms with Crippen molar-refractivity contribution in [2.24, 2.45) is 0 Å². The summed E-state index contributed by atoms with van der Waals surface area (Å²) in [5.74, 6) is -1.38. The van der Waals surface area contributed by atoms with Crippen molar-refractivity contribution >= 4 is 17.7 Å². The standard InChI is InChI=1S/C15H20FNO2/c1-3-7-17(8-4-2)14-10-12(5-6-15(18)19)9-13(16)11-14/h5-6,9-11H,3-4,7-8H2,1-2H3,(H,18,19)/b6-5+. The highest BCUT2D eigenvalue weighted by Gasteiger charge is 2.07. The first kappa shape index (κ1) is 15.2. The van der Waals surface area contributed by atoms with Crippen molar-refractivity contribution in [1.82, 2.24) is 0 Å². The number of nitrogens with zero attached hydrogens (tertiary/aromatic N) is 1. The number of hydrogen-bond donors (Lipinski definition) is 1. The predicted molar refractivity (Wildman–Crippen MR) is 75.9 cm³/mol. The van der Waals surface area contributed by atoms with Crippen molar-refractivity contribution < 1.29 is 14.3 Å². The Bertz CT molecular complexity index is 451. The highest BCUT2D eigenvalue weighted by Crippen LogP contribution is 2.20. The van der Waals surface area contributed by atoms with E-state index in [1.54, 1.807) is 0 Å². The fourth-order valence-corrected chi connectivity index (χ4v) is 1.95. The quantitative estimate of drug-likeness (QED) is 0.766. The lowest BCUT2D eigenvalue weighted by Crippen LogP contribution is -2.24. The van der Waals surface area contributed by atoms with Gasteiger partial charge in [0.1, 0.15) is 5.82 Å².